The van der Waals surface area contributed by atoms with Crippen molar-refractivity contribution in [2.75, 3.05) is 12.1 Å². The summed E-state index contributed by atoms with van der Waals surface area (Å²) in [5, 5.41) is 2.58. The topological polar surface area (TPSA) is 50.8 Å². The maximum atomic E-state index is 12.9. The van der Waals surface area contributed by atoms with Crippen LogP contribution in [0.5, 0.6) is 11.5 Å². The van der Waals surface area contributed by atoms with Crippen molar-refractivity contribution in [2.24, 2.45) is 0 Å². The number of ether oxygens (including phenoxy) is 2. The predicted molar refractivity (Wildman–Crippen MR) is 91.6 cm³/mol. The van der Waals surface area contributed by atoms with E-state index in [2.05, 4.69) is 5.32 Å². The molecule has 2 amide bonds. The van der Waals surface area contributed by atoms with Crippen LogP contribution in [0, 0.1) is 0 Å². The Morgan fingerprint density at radius 1 is 1.11 bits per heavy atom. The predicted octanol–water partition coefficient (Wildman–Crippen LogP) is 4.63. The second-order valence-corrected chi connectivity index (χ2v) is 6.56. The molecule has 0 unspecified atom stereocenters. The van der Waals surface area contributed by atoms with Gasteiger partial charge in [0.15, 0.2) is 11.5 Å². The Hall–Kier alpha value is -2.90. The normalized spacial score (nSPS) is 15.5. The largest absolute Gasteiger partial charge is 0.454 e. The van der Waals surface area contributed by atoms with E-state index in [0.717, 1.165) is 30.5 Å². The van der Waals surface area contributed by atoms with Gasteiger partial charge in [-0.2, -0.15) is 13.2 Å². The summed E-state index contributed by atoms with van der Waals surface area (Å²) in [7, 11) is 0. The van der Waals surface area contributed by atoms with E-state index in [4.69, 9.17) is 9.47 Å². The molecule has 5 nitrogen and oxygen atoms in total. The molecule has 2 aromatic rings. The quantitative estimate of drug-likeness (QED) is 0.844. The van der Waals surface area contributed by atoms with Gasteiger partial charge in [-0.05, 0) is 48.7 Å². The molecular weight excluding hydrogens is 361 g/mol. The van der Waals surface area contributed by atoms with Crippen LogP contribution < -0.4 is 14.8 Å². The summed E-state index contributed by atoms with van der Waals surface area (Å²) < 4.78 is 49.2. The van der Waals surface area contributed by atoms with Crippen LogP contribution in [0.3, 0.4) is 0 Å². The molecule has 0 spiro atoms. The molecule has 0 radical (unpaired) electrons. The van der Waals surface area contributed by atoms with E-state index >= 15 is 0 Å². The van der Waals surface area contributed by atoms with Crippen LogP contribution in [-0.4, -0.2) is 23.8 Å². The number of nitrogens with zero attached hydrogens (tertiary/aromatic N) is 1. The fraction of sp³-hybridized carbons (Fsp3) is 0.316. The number of urea groups is 1. The maximum Gasteiger partial charge on any atom is 0.416 e. The number of hydrogen-bond donors (Lipinski definition) is 1. The van der Waals surface area contributed by atoms with Gasteiger partial charge in [-0.15, -0.1) is 0 Å². The minimum absolute atomic E-state index is 0.0845. The van der Waals surface area contributed by atoms with Gasteiger partial charge in [0.1, 0.15) is 0 Å². The molecule has 1 saturated carbocycles. The van der Waals surface area contributed by atoms with Crippen molar-refractivity contribution in [3.05, 3.63) is 53.6 Å². The third kappa shape index (κ3) is 3.94. The molecule has 0 aromatic heterocycles. The van der Waals surface area contributed by atoms with Crippen molar-refractivity contribution < 1.29 is 27.4 Å². The average molecular weight is 378 g/mol. The van der Waals surface area contributed by atoms with Crippen molar-refractivity contribution in [3.8, 4) is 11.5 Å². The first-order valence-corrected chi connectivity index (χ1v) is 8.53. The maximum absolute atomic E-state index is 12.9. The van der Waals surface area contributed by atoms with Gasteiger partial charge in [0.2, 0.25) is 6.79 Å². The third-order valence-corrected chi connectivity index (χ3v) is 4.48. The Kier molecular flexibility index (Phi) is 4.33. The zero-order valence-electron chi connectivity index (χ0n) is 14.3. The average Bonchev–Trinajstić information content (AvgIpc) is 3.36. The molecule has 1 N–H and O–H groups in total. The molecule has 0 bridgehead atoms. The molecule has 27 heavy (non-hydrogen) atoms. The van der Waals surface area contributed by atoms with Gasteiger partial charge < -0.3 is 19.7 Å². The third-order valence-electron chi connectivity index (χ3n) is 4.48. The number of rotatable bonds is 4. The van der Waals surface area contributed by atoms with Crippen LogP contribution >= 0.6 is 0 Å². The summed E-state index contributed by atoms with van der Waals surface area (Å²) in [6.07, 6.45) is -2.70. The number of alkyl halides is 3. The summed E-state index contributed by atoms with van der Waals surface area (Å²) in [6, 6.07) is 9.74. The molecule has 1 heterocycles. The fourth-order valence-corrected chi connectivity index (χ4v) is 2.96. The second kappa shape index (κ2) is 6.68. The molecule has 1 aliphatic carbocycles. The van der Waals surface area contributed by atoms with Gasteiger partial charge in [-0.3, -0.25) is 0 Å². The molecule has 142 valence electrons. The number of anilines is 1. The SMILES string of the molecule is O=C(Nc1cccc(C(F)(F)F)c1)N(Cc1ccc2c(c1)OCO2)C1CC1. The van der Waals surface area contributed by atoms with Crippen molar-refractivity contribution in [1.29, 1.82) is 0 Å². The van der Waals surface area contributed by atoms with Crippen LogP contribution in [-0.2, 0) is 12.7 Å². The monoisotopic (exact) mass is 378 g/mol. The highest BCUT2D eigenvalue weighted by Crippen LogP contribution is 2.35. The first kappa shape index (κ1) is 17.5. The van der Waals surface area contributed by atoms with Crippen molar-refractivity contribution in [2.45, 2.75) is 31.6 Å². The first-order chi connectivity index (χ1) is 12.9. The summed E-state index contributed by atoms with van der Waals surface area (Å²) >= 11 is 0. The number of amides is 2. The number of carbonyl (C=O) groups is 1. The van der Waals surface area contributed by atoms with E-state index in [-0.39, 0.29) is 18.5 Å². The van der Waals surface area contributed by atoms with E-state index in [1.54, 1.807) is 11.0 Å². The highest BCUT2D eigenvalue weighted by atomic mass is 19.4. The van der Waals surface area contributed by atoms with Crippen molar-refractivity contribution >= 4 is 11.7 Å². The smallest absolute Gasteiger partial charge is 0.416 e. The molecule has 1 fully saturated rings. The lowest BCUT2D eigenvalue weighted by molar-refractivity contribution is -0.137. The number of benzene rings is 2. The summed E-state index contributed by atoms with van der Waals surface area (Å²) in [4.78, 5) is 14.3. The van der Waals surface area contributed by atoms with Crippen molar-refractivity contribution in [3.63, 3.8) is 0 Å². The van der Waals surface area contributed by atoms with E-state index in [0.29, 0.717) is 18.0 Å². The van der Waals surface area contributed by atoms with Gasteiger partial charge in [0, 0.05) is 18.3 Å². The van der Waals surface area contributed by atoms with E-state index in [9.17, 15) is 18.0 Å². The minimum atomic E-state index is -4.45. The van der Waals surface area contributed by atoms with E-state index in [1.165, 1.54) is 12.1 Å². The lowest BCUT2D eigenvalue weighted by Gasteiger charge is -2.23. The molecule has 0 atom stereocenters. The Morgan fingerprint density at radius 2 is 1.89 bits per heavy atom. The Balaban J connectivity index is 1.49. The lowest BCUT2D eigenvalue weighted by Crippen LogP contribution is -2.36. The molecule has 2 aliphatic rings. The van der Waals surface area contributed by atoms with Crippen LogP contribution in [0.15, 0.2) is 42.5 Å². The zero-order chi connectivity index (χ0) is 19.0. The van der Waals surface area contributed by atoms with E-state index in [1.807, 2.05) is 12.1 Å². The summed E-state index contributed by atoms with van der Waals surface area (Å²) in [6.45, 7) is 0.507. The van der Waals surface area contributed by atoms with E-state index < -0.39 is 17.8 Å². The number of nitrogens with one attached hydrogen (secondary N) is 1. The highest BCUT2D eigenvalue weighted by molar-refractivity contribution is 5.89. The highest BCUT2D eigenvalue weighted by Gasteiger charge is 2.34. The minimum Gasteiger partial charge on any atom is -0.454 e. The zero-order valence-corrected chi connectivity index (χ0v) is 14.3. The van der Waals surface area contributed by atoms with Gasteiger partial charge in [-0.25, -0.2) is 4.79 Å². The number of hydrogen-bond acceptors (Lipinski definition) is 3. The van der Waals surface area contributed by atoms with Gasteiger partial charge in [0.05, 0.1) is 5.56 Å². The summed E-state index contributed by atoms with van der Waals surface area (Å²) in [5.41, 5.74) is 0.186. The summed E-state index contributed by atoms with van der Waals surface area (Å²) in [5.74, 6) is 1.28. The molecule has 2 aromatic carbocycles. The molecule has 8 heteroatoms. The Labute approximate surface area is 153 Å². The second-order valence-electron chi connectivity index (χ2n) is 6.56. The Bertz CT molecular complexity index is 866. The van der Waals surface area contributed by atoms with Crippen LogP contribution in [0.2, 0.25) is 0 Å². The van der Waals surface area contributed by atoms with Crippen molar-refractivity contribution in [1.82, 2.24) is 4.90 Å². The molecule has 0 saturated heterocycles. The fourth-order valence-electron chi connectivity index (χ4n) is 2.96. The molecule has 1 aliphatic heterocycles. The van der Waals surface area contributed by atoms with Crippen LogP contribution in [0.4, 0.5) is 23.7 Å². The lowest BCUT2D eigenvalue weighted by atomic mass is 10.2. The van der Waals surface area contributed by atoms with Crippen LogP contribution in [0.25, 0.3) is 0 Å². The Morgan fingerprint density at radius 3 is 2.63 bits per heavy atom. The number of halogens is 3. The van der Waals surface area contributed by atoms with Gasteiger partial charge in [0.25, 0.3) is 0 Å². The number of carbonyl (C=O) groups excluding carboxylic acids is 1. The number of fused-ring (bicyclic) bond motifs is 1. The molecule has 4 rings (SSSR count). The standard InChI is InChI=1S/C19H17F3N2O3/c20-19(21,22)13-2-1-3-14(9-13)23-18(25)24(15-5-6-15)10-12-4-7-16-17(8-12)27-11-26-16/h1-4,7-9,15H,5-6,10-11H2,(H,23,25). The van der Waals surface area contributed by atoms with Crippen LogP contribution in [0.1, 0.15) is 24.0 Å². The first-order valence-electron chi connectivity index (χ1n) is 8.53. The van der Waals surface area contributed by atoms with Gasteiger partial charge in [-0.1, -0.05) is 12.1 Å². The molecular formula is C19H17F3N2O3. The van der Waals surface area contributed by atoms with Gasteiger partial charge >= 0.3 is 12.2 Å².